The van der Waals surface area contributed by atoms with Gasteiger partial charge >= 0.3 is 0 Å². The van der Waals surface area contributed by atoms with Crippen molar-refractivity contribution in [1.82, 2.24) is 30.4 Å². The Morgan fingerprint density at radius 2 is 1.18 bits per heavy atom. The Kier molecular flexibility index (Phi) is 11.3. The van der Waals surface area contributed by atoms with E-state index in [4.69, 9.17) is 9.98 Å². The first-order valence-electron chi connectivity index (χ1n) is 20.2. The zero-order chi connectivity index (χ0) is 38.4. The van der Waals surface area contributed by atoms with Gasteiger partial charge < -0.3 is 25.4 Å². The first-order chi connectivity index (χ1) is 27.5. The minimum absolute atomic E-state index is 0.0274. The molecule has 0 radical (unpaired) electrons. The van der Waals surface area contributed by atoms with E-state index in [1.165, 1.54) is 5.57 Å². The summed E-state index contributed by atoms with van der Waals surface area (Å²) in [5.41, 5.74) is 9.66. The number of carbonyl (C=O) groups is 2. The maximum atomic E-state index is 13.9. The molecule has 5 aromatic rings. The first kappa shape index (κ1) is 37.3. The molecule has 0 saturated carbocycles. The number of aromatic nitrogens is 2. The minimum atomic E-state index is -0.375. The number of nitrogens with zero attached hydrogens (tertiary/aromatic N) is 4. The number of imidazole rings is 1. The number of H-pyrrole nitrogens is 1. The van der Waals surface area contributed by atoms with E-state index >= 15 is 0 Å². The van der Waals surface area contributed by atoms with E-state index in [0.717, 1.165) is 102 Å². The predicted molar refractivity (Wildman–Crippen MR) is 224 cm³/mol. The van der Waals surface area contributed by atoms with Crippen LogP contribution in [0.2, 0.25) is 0 Å². The molecule has 3 N–H and O–H groups in total. The van der Waals surface area contributed by atoms with Crippen LogP contribution in [0.1, 0.15) is 86.6 Å². The molecule has 8 rings (SSSR count). The van der Waals surface area contributed by atoms with Gasteiger partial charge in [0.15, 0.2) is 0 Å². The molecule has 0 aliphatic carbocycles. The Labute approximate surface area is 330 Å². The average molecular weight is 746 g/mol. The van der Waals surface area contributed by atoms with Gasteiger partial charge in [0.2, 0.25) is 11.8 Å². The van der Waals surface area contributed by atoms with Crippen LogP contribution in [0, 0.1) is 0 Å². The smallest absolute Gasteiger partial charge is 0.244 e. The standard InChI is InChI=1S/C47H51N7O2/c1-3-48-43(36-13-7-5-8-14-36)46(55)53-27-11-17-41(53)39-29-38(30-50-39)34-21-19-32(20-22-34)33-23-25-35(26-24-33)40-31-51-45(52-40)42-18-12-28-54(42)47(56)44(49-4-2)37-15-9-6-10-16-37/h5-10,13-16,19-26,30-31,41-44,48-49H,3-4,11-12,17-18,27-29H2,1-2H3,(H,51,52)/t41-,42?,43+,44+/m0/s1. The third-order valence-corrected chi connectivity index (χ3v) is 11.5. The van der Waals surface area contributed by atoms with Crippen molar-refractivity contribution in [3.05, 3.63) is 144 Å². The SMILES string of the molecule is CCN[C@@H](C(=O)N1CCCC1c1ncc(-c2ccc(-c3ccc(C4=CN=C([C@@H]5CCCN5C(=O)[C@H](NCC)c5ccccc5)C4)cc3)cc2)[nH]1)c1ccccc1. The van der Waals surface area contributed by atoms with Crippen molar-refractivity contribution < 1.29 is 9.59 Å². The Balaban J connectivity index is 0.896. The molecule has 2 fully saturated rings. The lowest BCUT2D eigenvalue weighted by Crippen LogP contribution is -2.46. The van der Waals surface area contributed by atoms with Crippen molar-refractivity contribution in [3.8, 4) is 22.4 Å². The second-order valence-electron chi connectivity index (χ2n) is 15.0. The van der Waals surface area contributed by atoms with Gasteiger partial charge in [0.05, 0.1) is 24.0 Å². The zero-order valence-corrected chi connectivity index (χ0v) is 32.3. The van der Waals surface area contributed by atoms with Crippen LogP contribution in [0.25, 0.3) is 28.0 Å². The van der Waals surface area contributed by atoms with Gasteiger partial charge in [-0.15, -0.1) is 0 Å². The van der Waals surface area contributed by atoms with Gasteiger partial charge in [-0.3, -0.25) is 14.6 Å². The van der Waals surface area contributed by atoms with Crippen LogP contribution in [-0.4, -0.2) is 69.5 Å². The number of aromatic amines is 1. The monoisotopic (exact) mass is 745 g/mol. The summed E-state index contributed by atoms with van der Waals surface area (Å²) in [6, 6.07) is 36.5. The second kappa shape index (κ2) is 17.0. The van der Waals surface area contributed by atoms with Crippen molar-refractivity contribution in [1.29, 1.82) is 0 Å². The molecule has 286 valence electrons. The summed E-state index contributed by atoms with van der Waals surface area (Å²) >= 11 is 0. The zero-order valence-electron chi connectivity index (χ0n) is 32.3. The number of likely N-dealkylation sites (N-methyl/N-ethyl adjacent to an activating group) is 2. The Hall–Kier alpha value is -5.64. The molecule has 3 aliphatic rings. The lowest BCUT2D eigenvalue weighted by molar-refractivity contribution is -0.135. The molecule has 4 heterocycles. The number of rotatable bonds is 13. The van der Waals surface area contributed by atoms with Gasteiger partial charge in [-0.05, 0) is 77.7 Å². The number of hydrogen-bond donors (Lipinski definition) is 3. The van der Waals surface area contributed by atoms with Crippen LogP contribution in [-0.2, 0) is 9.59 Å². The molecule has 1 aromatic heterocycles. The fraction of sp³-hybridized carbons (Fsp3) is 0.319. The predicted octanol–water partition coefficient (Wildman–Crippen LogP) is 8.29. The van der Waals surface area contributed by atoms with Gasteiger partial charge in [-0.1, -0.05) is 123 Å². The summed E-state index contributed by atoms with van der Waals surface area (Å²) in [6.45, 7) is 6.99. The molecule has 2 saturated heterocycles. The van der Waals surface area contributed by atoms with Crippen LogP contribution in [0.5, 0.6) is 0 Å². The Morgan fingerprint density at radius 3 is 1.73 bits per heavy atom. The number of carbonyl (C=O) groups excluding carboxylic acids is 2. The lowest BCUT2D eigenvalue weighted by Gasteiger charge is -2.30. The third kappa shape index (κ3) is 7.74. The van der Waals surface area contributed by atoms with Gasteiger partial charge in [0.25, 0.3) is 0 Å². The van der Waals surface area contributed by atoms with Gasteiger partial charge in [-0.2, -0.15) is 0 Å². The maximum absolute atomic E-state index is 13.9. The first-order valence-corrected chi connectivity index (χ1v) is 20.2. The van der Waals surface area contributed by atoms with Crippen LogP contribution in [0.4, 0.5) is 0 Å². The molecule has 0 bridgehead atoms. The van der Waals surface area contributed by atoms with Gasteiger partial charge in [0.1, 0.15) is 17.9 Å². The highest BCUT2D eigenvalue weighted by Crippen LogP contribution is 2.35. The highest BCUT2D eigenvalue weighted by atomic mass is 16.2. The number of aliphatic imine (C=N–C) groups is 1. The van der Waals surface area contributed by atoms with E-state index in [0.29, 0.717) is 6.54 Å². The van der Waals surface area contributed by atoms with Gasteiger partial charge in [0, 0.05) is 31.4 Å². The Bertz CT molecular complexity index is 2180. The lowest BCUT2D eigenvalue weighted by atomic mass is 9.96. The normalized spacial score (nSPS) is 19.2. The summed E-state index contributed by atoms with van der Waals surface area (Å²) in [5.74, 6) is 1.06. The molecule has 4 atom stereocenters. The summed E-state index contributed by atoms with van der Waals surface area (Å²) in [4.78, 5) is 45.0. The summed E-state index contributed by atoms with van der Waals surface area (Å²) in [7, 11) is 0. The van der Waals surface area contributed by atoms with Crippen molar-refractivity contribution in [2.75, 3.05) is 26.2 Å². The molecule has 3 aliphatic heterocycles. The number of allylic oxidation sites excluding steroid dienone is 1. The van der Waals surface area contributed by atoms with E-state index in [1.807, 2.05) is 96.7 Å². The fourth-order valence-electron chi connectivity index (χ4n) is 8.62. The topological polar surface area (TPSA) is 106 Å². The number of hydrogen-bond acceptors (Lipinski definition) is 6. The van der Waals surface area contributed by atoms with Gasteiger partial charge in [-0.25, -0.2) is 4.98 Å². The molecule has 2 amide bonds. The number of amides is 2. The maximum Gasteiger partial charge on any atom is 0.244 e. The van der Waals surface area contributed by atoms with Crippen LogP contribution in [0.3, 0.4) is 0 Å². The van der Waals surface area contributed by atoms with E-state index < -0.39 is 0 Å². The number of likely N-dealkylation sites (tertiary alicyclic amines) is 2. The molecule has 0 spiro atoms. The third-order valence-electron chi connectivity index (χ3n) is 11.5. The molecule has 4 aromatic carbocycles. The molecule has 56 heavy (non-hydrogen) atoms. The summed E-state index contributed by atoms with van der Waals surface area (Å²) in [6.07, 6.45) is 8.39. The molecule has 9 nitrogen and oxygen atoms in total. The van der Waals surface area contributed by atoms with Crippen molar-refractivity contribution >= 4 is 23.1 Å². The second-order valence-corrected chi connectivity index (χ2v) is 15.0. The van der Waals surface area contributed by atoms with Crippen LogP contribution >= 0.6 is 0 Å². The molecular weight excluding hydrogens is 695 g/mol. The molecule has 1 unspecified atom stereocenters. The highest BCUT2D eigenvalue weighted by molar-refractivity contribution is 6.03. The number of nitrogens with one attached hydrogen (secondary N) is 3. The fourth-order valence-corrected chi connectivity index (χ4v) is 8.62. The van der Waals surface area contributed by atoms with E-state index in [9.17, 15) is 9.59 Å². The van der Waals surface area contributed by atoms with E-state index in [2.05, 4.69) is 64.1 Å². The largest absolute Gasteiger partial charge is 0.340 e. The minimum Gasteiger partial charge on any atom is -0.340 e. The highest BCUT2D eigenvalue weighted by Gasteiger charge is 2.38. The van der Waals surface area contributed by atoms with Crippen molar-refractivity contribution in [2.24, 2.45) is 4.99 Å². The number of benzene rings is 4. The molecule has 9 heteroatoms. The quantitative estimate of drug-likeness (QED) is 0.113. The summed E-state index contributed by atoms with van der Waals surface area (Å²) in [5, 5.41) is 6.81. The average Bonchev–Trinajstić information content (AvgIpc) is 4.10. The summed E-state index contributed by atoms with van der Waals surface area (Å²) < 4.78 is 0. The van der Waals surface area contributed by atoms with E-state index in [1.54, 1.807) is 0 Å². The molecular formula is C47H51N7O2. The van der Waals surface area contributed by atoms with Crippen LogP contribution < -0.4 is 10.6 Å². The van der Waals surface area contributed by atoms with E-state index in [-0.39, 0.29) is 36.0 Å². The van der Waals surface area contributed by atoms with Crippen molar-refractivity contribution in [2.45, 2.75) is 70.1 Å². The van der Waals surface area contributed by atoms with Crippen molar-refractivity contribution in [3.63, 3.8) is 0 Å². The van der Waals surface area contributed by atoms with Crippen LogP contribution in [0.15, 0.2) is 127 Å². The Morgan fingerprint density at radius 1 is 0.679 bits per heavy atom.